The minimum Gasteiger partial charge on any atom is -0.493 e. The molecule has 0 aliphatic carbocycles. The fraction of sp³-hybridized carbons (Fsp3) is 0.217. The van der Waals surface area contributed by atoms with Gasteiger partial charge in [0.15, 0.2) is 0 Å². The zero-order valence-electron chi connectivity index (χ0n) is 15.4. The molecule has 5 heteroatoms. The molecule has 0 saturated heterocycles. The van der Waals surface area contributed by atoms with Crippen LogP contribution in [0.5, 0.6) is 17.2 Å². The van der Waals surface area contributed by atoms with Crippen LogP contribution in [0.4, 0.5) is 0 Å². The molecule has 1 aliphatic rings. The van der Waals surface area contributed by atoms with Crippen LogP contribution in [0.3, 0.4) is 0 Å². The number of aromatic nitrogens is 1. The first kappa shape index (κ1) is 18.0. The Morgan fingerprint density at radius 3 is 2.82 bits per heavy atom. The van der Waals surface area contributed by atoms with Crippen molar-refractivity contribution >= 4 is 5.97 Å². The van der Waals surface area contributed by atoms with E-state index in [0.717, 1.165) is 41.2 Å². The number of carboxylic acid groups (broad SMARTS) is 1. The van der Waals surface area contributed by atoms with E-state index in [0.29, 0.717) is 24.5 Å². The number of pyridine rings is 1. The second-order valence-electron chi connectivity index (χ2n) is 6.83. The van der Waals surface area contributed by atoms with E-state index in [2.05, 4.69) is 11.1 Å². The first-order valence-electron chi connectivity index (χ1n) is 9.36. The van der Waals surface area contributed by atoms with Gasteiger partial charge in [0.2, 0.25) is 0 Å². The van der Waals surface area contributed by atoms with E-state index in [1.54, 1.807) is 12.3 Å². The van der Waals surface area contributed by atoms with E-state index in [9.17, 15) is 9.90 Å². The van der Waals surface area contributed by atoms with E-state index >= 15 is 0 Å². The predicted molar refractivity (Wildman–Crippen MR) is 105 cm³/mol. The van der Waals surface area contributed by atoms with E-state index in [4.69, 9.17) is 9.47 Å². The topological polar surface area (TPSA) is 68.7 Å². The van der Waals surface area contributed by atoms with Gasteiger partial charge in [-0.25, -0.2) is 4.79 Å². The molecule has 4 rings (SSSR count). The summed E-state index contributed by atoms with van der Waals surface area (Å²) in [7, 11) is 0. The van der Waals surface area contributed by atoms with Gasteiger partial charge in [-0.05, 0) is 60.6 Å². The zero-order chi connectivity index (χ0) is 19.3. The molecule has 0 saturated carbocycles. The molecule has 1 N–H and O–H groups in total. The number of fused-ring (bicyclic) bond motifs is 1. The lowest BCUT2D eigenvalue weighted by Crippen LogP contribution is -2.15. The second kappa shape index (κ2) is 8.13. The highest BCUT2D eigenvalue weighted by Gasteiger charge is 2.23. The number of aryl methyl sites for hydroxylation is 1. The van der Waals surface area contributed by atoms with Crippen LogP contribution < -0.4 is 9.47 Å². The van der Waals surface area contributed by atoms with Crippen molar-refractivity contribution in [1.82, 2.24) is 4.98 Å². The van der Waals surface area contributed by atoms with E-state index in [1.165, 1.54) is 6.20 Å². The lowest BCUT2D eigenvalue weighted by Gasteiger charge is -2.26. The molecule has 0 fully saturated rings. The summed E-state index contributed by atoms with van der Waals surface area (Å²) in [4.78, 5) is 15.5. The summed E-state index contributed by atoms with van der Waals surface area (Å²) in [5.74, 6) is 1.77. The quantitative estimate of drug-likeness (QED) is 0.651. The zero-order valence-corrected chi connectivity index (χ0v) is 15.4. The van der Waals surface area contributed by atoms with E-state index in [1.807, 2.05) is 42.5 Å². The van der Waals surface area contributed by atoms with Crippen molar-refractivity contribution in [2.45, 2.75) is 25.2 Å². The van der Waals surface area contributed by atoms with Crippen molar-refractivity contribution in [3.05, 3.63) is 83.7 Å². The van der Waals surface area contributed by atoms with Crippen LogP contribution in [-0.2, 0) is 6.42 Å². The summed E-state index contributed by atoms with van der Waals surface area (Å²) in [6.07, 6.45) is 5.60. The number of hydrogen-bond acceptors (Lipinski definition) is 4. The lowest BCUT2D eigenvalue weighted by molar-refractivity contribution is 0.0695. The number of benzene rings is 2. The molecule has 28 heavy (non-hydrogen) atoms. The summed E-state index contributed by atoms with van der Waals surface area (Å²) in [6, 6.07) is 17.1. The van der Waals surface area contributed by atoms with Crippen molar-refractivity contribution in [2.24, 2.45) is 0 Å². The summed E-state index contributed by atoms with van der Waals surface area (Å²) in [6.45, 7) is 0.644. The number of carbonyl (C=O) groups is 1. The monoisotopic (exact) mass is 375 g/mol. The van der Waals surface area contributed by atoms with Crippen LogP contribution in [0.1, 0.15) is 40.2 Å². The number of para-hydroxylation sites is 1. The first-order valence-corrected chi connectivity index (χ1v) is 9.36. The molecule has 142 valence electrons. The maximum atomic E-state index is 11.4. The van der Waals surface area contributed by atoms with Gasteiger partial charge in [-0.15, -0.1) is 0 Å². The maximum absolute atomic E-state index is 11.4. The average Bonchev–Trinajstić information content (AvgIpc) is 2.73. The molecular weight excluding hydrogens is 354 g/mol. The largest absolute Gasteiger partial charge is 0.493 e. The molecule has 0 unspecified atom stereocenters. The summed E-state index contributed by atoms with van der Waals surface area (Å²) in [5, 5.41) is 9.35. The van der Waals surface area contributed by atoms with Crippen LogP contribution in [0.2, 0.25) is 0 Å². The lowest BCUT2D eigenvalue weighted by atomic mass is 9.87. The van der Waals surface area contributed by atoms with Crippen LogP contribution in [-0.4, -0.2) is 22.7 Å². The highest BCUT2D eigenvalue weighted by molar-refractivity contribution is 5.89. The number of hydrogen-bond donors (Lipinski definition) is 1. The molecule has 2 heterocycles. The van der Waals surface area contributed by atoms with Gasteiger partial charge in [0.1, 0.15) is 17.2 Å². The molecule has 2 aromatic carbocycles. The first-order chi connectivity index (χ1) is 13.7. The molecule has 1 aliphatic heterocycles. The maximum Gasteiger partial charge on any atom is 0.336 e. The molecule has 0 amide bonds. The molecule has 3 aromatic rings. The van der Waals surface area contributed by atoms with Gasteiger partial charge < -0.3 is 14.6 Å². The third-order valence-corrected chi connectivity index (χ3v) is 5.02. The van der Waals surface area contributed by atoms with Crippen molar-refractivity contribution in [1.29, 1.82) is 0 Å². The summed E-state index contributed by atoms with van der Waals surface area (Å²) in [5.41, 5.74) is 2.24. The number of aromatic carboxylic acids is 1. The standard InChI is InChI=1S/C23H21NO4/c25-23(26)21-10-12-24-15-17(21)7-6-16-11-13-27-22-14-19(8-9-20(16)22)28-18-4-2-1-3-5-18/h1-5,8-10,12,14-16H,6-7,11,13H2,(H,25,26)/t16-/m1/s1. The van der Waals surface area contributed by atoms with Crippen LogP contribution >= 0.6 is 0 Å². The number of ether oxygens (including phenoxy) is 2. The van der Waals surface area contributed by atoms with Crippen molar-refractivity contribution in [2.75, 3.05) is 6.61 Å². The molecule has 0 spiro atoms. The smallest absolute Gasteiger partial charge is 0.336 e. The Labute approximate surface area is 163 Å². The van der Waals surface area contributed by atoms with Crippen molar-refractivity contribution < 1.29 is 19.4 Å². The molecule has 0 radical (unpaired) electrons. The van der Waals surface area contributed by atoms with Crippen molar-refractivity contribution in [3.63, 3.8) is 0 Å². The Balaban J connectivity index is 1.49. The minimum atomic E-state index is -0.910. The van der Waals surface area contributed by atoms with Gasteiger partial charge in [-0.1, -0.05) is 24.3 Å². The minimum absolute atomic E-state index is 0.316. The molecule has 1 aromatic heterocycles. The van der Waals surface area contributed by atoms with E-state index in [-0.39, 0.29) is 0 Å². The highest BCUT2D eigenvalue weighted by atomic mass is 16.5. The van der Waals surface area contributed by atoms with Crippen molar-refractivity contribution in [3.8, 4) is 17.2 Å². The molecule has 5 nitrogen and oxygen atoms in total. The predicted octanol–water partition coefficient (Wildman–Crippen LogP) is 5.07. The van der Waals surface area contributed by atoms with Gasteiger partial charge >= 0.3 is 5.97 Å². The third kappa shape index (κ3) is 3.98. The molecular formula is C23H21NO4. The Morgan fingerprint density at radius 1 is 1.14 bits per heavy atom. The van der Waals surface area contributed by atoms with Gasteiger partial charge in [-0.2, -0.15) is 0 Å². The SMILES string of the molecule is O=C(O)c1ccncc1CC[C@@H]1CCOc2cc(Oc3ccccc3)ccc21. The van der Waals surface area contributed by atoms with Crippen LogP contribution in [0, 0.1) is 0 Å². The van der Waals surface area contributed by atoms with Gasteiger partial charge in [0.25, 0.3) is 0 Å². The Hall–Kier alpha value is -3.34. The third-order valence-electron chi connectivity index (χ3n) is 5.02. The van der Waals surface area contributed by atoms with E-state index < -0.39 is 5.97 Å². The summed E-state index contributed by atoms with van der Waals surface area (Å²) < 4.78 is 11.8. The van der Waals surface area contributed by atoms with Crippen LogP contribution in [0.25, 0.3) is 0 Å². The van der Waals surface area contributed by atoms with Gasteiger partial charge in [0, 0.05) is 18.5 Å². The number of carboxylic acids is 1. The molecule has 0 bridgehead atoms. The fourth-order valence-corrected chi connectivity index (χ4v) is 3.60. The fourth-order valence-electron chi connectivity index (χ4n) is 3.60. The Morgan fingerprint density at radius 2 is 2.00 bits per heavy atom. The normalized spacial score (nSPS) is 15.4. The molecule has 1 atom stereocenters. The average molecular weight is 375 g/mol. The second-order valence-corrected chi connectivity index (χ2v) is 6.83. The Kier molecular flexibility index (Phi) is 5.24. The number of rotatable bonds is 6. The van der Waals surface area contributed by atoms with Crippen LogP contribution in [0.15, 0.2) is 67.0 Å². The summed E-state index contributed by atoms with van der Waals surface area (Å²) >= 11 is 0. The number of nitrogens with zero attached hydrogens (tertiary/aromatic N) is 1. The van der Waals surface area contributed by atoms with Gasteiger partial charge in [-0.3, -0.25) is 4.98 Å². The highest BCUT2D eigenvalue weighted by Crippen LogP contribution is 2.39. The Bertz CT molecular complexity index is 971. The van der Waals surface area contributed by atoms with Gasteiger partial charge in [0.05, 0.1) is 12.2 Å².